The molecule has 2 aromatic rings. The maximum atomic E-state index is 5.03. The summed E-state index contributed by atoms with van der Waals surface area (Å²) in [5.74, 6) is 1.93. The first kappa shape index (κ1) is 10.5. The molecule has 0 aromatic carbocycles. The predicted molar refractivity (Wildman–Crippen MR) is 60.2 cm³/mol. The van der Waals surface area contributed by atoms with Crippen molar-refractivity contribution in [1.29, 1.82) is 0 Å². The maximum Gasteiger partial charge on any atom is 0.138 e. The molecular weight excluding hydrogens is 218 g/mol. The summed E-state index contributed by atoms with van der Waals surface area (Å²) in [5.41, 5.74) is 0.951. The fourth-order valence-corrected chi connectivity index (χ4v) is 2.15. The summed E-state index contributed by atoms with van der Waals surface area (Å²) in [6.45, 7) is 3.52. The Labute approximate surface area is 99.0 Å². The molecule has 0 aliphatic carbocycles. The Kier molecular flexibility index (Phi) is 2.64. The number of aromatic nitrogens is 4. The molecule has 2 aromatic heterocycles. The van der Waals surface area contributed by atoms with E-state index in [-0.39, 0.29) is 0 Å². The van der Waals surface area contributed by atoms with Gasteiger partial charge in [0.2, 0.25) is 0 Å². The van der Waals surface area contributed by atoms with Crippen LogP contribution in [-0.2, 0) is 19.5 Å². The molecule has 6 heteroatoms. The van der Waals surface area contributed by atoms with Crippen LogP contribution in [0.3, 0.4) is 0 Å². The molecule has 0 fully saturated rings. The van der Waals surface area contributed by atoms with Crippen molar-refractivity contribution in [3.63, 3.8) is 0 Å². The molecule has 1 aliphatic heterocycles. The molecule has 0 amide bonds. The van der Waals surface area contributed by atoms with E-state index in [1.165, 1.54) is 0 Å². The molecule has 6 nitrogen and oxygen atoms in total. The van der Waals surface area contributed by atoms with Gasteiger partial charge in [-0.3, -0.25) is 0 Å². The van der Waals surface area contributed by atoms with E-state index in [4.69, 9.17) is 4.52 Å². The number of hydrogen-bond acceptors (Lipinski definition) is 5. The van der Waals surface area contributed by atoms with Gasteiger partial charge in [0.25, 0.3) is 0 Å². The average Bonchev–Trinajstić information content (AvgIpc) is 2.94. The van der Waals surface area contributed by atoms with Crippen molar-refractivity contribution < 1.29 is 4.52 Å². The van der Waals surface area contributed by atoms with E-state index in [2.05, 4.69) is 20.6 Å². The smallest absolute Gasteiger partial charge is 0.138 e. The lowest BCUT2D eigenvalue weighted by molar-refractivity contribution is 0.347. The molecule has 3 heterocycles. The lowest BCUT2D eigenvalue weighted by Crippen LogP contribution is -2.37. The molecule has 17 heavy (non-hydrogen) atoms. The third kappa shape index (κ3) is 2.21. The maximum absolute atomic E-state index is 5.03. The molecule has 1 N–H and O–H groups in total. The molecule has 0 spiro atoms. The Bertz CT molecular complexity index is 503. The van der Waals surface area contributed by atoms with Crippen LogP contribution in [0.15, 0.2) is 16.9 Å². The van der Waals surface area contributed by atoms with Crippen molar-refractivity contribution in [3.05, 3.63) is 29.7 Å². The second kappa shape index (κ2) is 4.29. The first-order valence-electron chi connectivity index (χ1n) is 5.83. The highest BCUT2D eigenvalue weighted by Gasteiger charge is 2.19. The Morgan fingerprint density at radius 1 is 1.59 bits per heavy atom. The van der Waals surface area contributed by atoms with E-state index >= 15 is 0 Å². The van der Waals surface area contributed by atoms with Crippen molar-refractivity contribution in [1.82, 2.24) is 25.2 Å². The second-order valence-electron chi connectivity index (χ2n) is 4.40. The minimum Gasteiger partial charge on any atom is -0.361 e. The highest BCUT2D eigenvalue weighted by atomic mass is 16.5. The molecule has 0 saturated heterocycles. The largest absolute Gasteiger partial charge is 0.361 e. The van der Waals surface area contributed by atoms with Crippen LogP contribution in [0.4, 0.5) is 0 Å². The van der Waals surface area contributed by atoms with Crippen LogP contribution in [0, 0.1) is 6.92 Å². The average molecular weight is 233 g/mol. The zero-order chi connectivity index (χ0) is 11.7. The minimum absolute atomic E-state index is 0.432. The van der Waals surface area contributed by atoms with E-state index in [9.17, 15) is 0 Å². The van der Waals surface area contributed by atoms with Crippen LogP contribution in [0.25, 0.3) is 0 Å². The van der Waals surface area contributed by atoms with Gasteiger partial charge in [0.05, 0.1) is 12.2 Å². The summed E-state index contributed by atoms with van der Waals surface area (Å²) >= 11 is 0. The van der Waals surface area contributed by atoms with Crippen LogP contribution in [0.2, 0.25) is 0 Å². The van der Waals surface area contributed by atoms with Crippen LogP contribution >= 0.6 is 0 Å². The van der Waals surface area contributed by atoms with Gasteiger partial charge in [-0.25, -0.2) is 9.67 Å². The molecule has 1 aliphatic rings. The van der Waals surface area contributed by atoms with Crippen molar-refractivity contribution in [2.45, 2.75) is 38.9 Å². The SMILES string of the molecule is Cc1cc(CN[C@@H]2CCc3ncnn3C2)no1. The van der Waals surface area contributed by atoms with E-state index in [1.54, 1.807) is 6.33 Å². The van der Waals surface area contributed by atoms with Crippen molar-refractivity contribution in [3.8, 4) is 0 Å². The molecule has 0 unspecified atom stereocenters. The first-order chi connectivity index (χ1) is 8.31. The van der Waals surface area contributed by atoms with Crippen molar-refractivity contribution in [2.24, 2.45) is 0 Å². The van der Waals surface area contributed by atoms with Gasteiger partial charge in [-0.05, 0) is 13.3 Å². The van der Waals surface area contributed by atoms with E-state index in [1.807, 2.05) is 17.7 Å². The van der Waals surface area contributed by atoms with Gasteiger partial charge >= 0.3 is 0 Å². The van der Waals surface area contributed by atoms with Crippen LogP contribution in [0.5, 0.6) is 0 Å². The molecule has 0 bridgehead atoms. The first-order valence-corrected chi connectivity index (χ1v) is 5.83. The highest BCUT2D eigenvalue weighted by Crippen LogP contribution is 2.12. The third-order valence-corrected chi connectivity index (χ3v) is 3.05. The number of aryl methyl sites for hydroxylation is 2. The Balaban J connectivity index is 1.57. The molecule has 0 saturated carbocycles. The van der Waals surface area contributed by atoms with Crippen molar-refractivity contribution in [2.75, 3.05) is 0 Å². The monoisotopic (exact) mass is 233 g/mol. The minimum atomic E-state index is 0.432. The van der Waals surface area contributed by atoms with Crippen molar-refractivity contribution >= 4 is 0 Å². The van der Waals surface area contributed by atoms with E-state index < -0.39 is 0 Å². The summed E-state index contributed by atoms with van der Waals surface area (Å²) in [5, 5.41) is 11.6. The number of nitrogens with zero attached hydrogens (tertiary/aromatic N) is 4. The van der Waals surface area contributed by atoms with Gasteiger partial charge in [-0.1, -0.05) is 5.16 Å². The molecular formula is C11H15N5O. The Morgan fingerprint density at radius 2 is 2.53 bits per heavy atom. The number of nitrogens with one attached hydrogen (secondary N) is 1. The van der Waals surface area contributed by atoms with Crippen LogP contribution in [-0.4, -0.2) is 26.0 Å². The lowest BCUT2D eigenvalue weighted by atomic mass is 10.1. The zero-order valence-corrected chi connectivity index (χ0v) is 9.76. The predicted octanol–water partition coefficient (Wildman–Crippen LogP) is 0.679. The fraction of sp³-hybridized carbons (Fsp3) is 0.545. The van der Waals surface area contributed by atoms with Crippen LogP contribution < -0.4 is 5.32 Å². The summed E-state index contributed by atoms with van der Waals surface area (Å²) in [6, 6.07) is 2.39. The number of fused-ring (bicyclic) bond motifs is 1. The number of rotatable bonds is 3. The Morgan fingerprint density at radius 3 is 3.35 bits per heavy atom. The second-order valence-corrected chi connectivity index (χ2v) is 4.40. The summed E-state index contributed by atoms with van der Waals surface area (Å²) in [6.07, 6.45) is 3.70. The standard InChI is InChI=1S/C11H15N5O/c1-8-4-10(15-17-8)5-12-9-2-3-11-13-7-14-16(11)6-9/h4,7,9,12H,2-3,5-6H2,1H3/t9-/m1/s1. The summed E-state index contributed by atoms with van der Waals surface area (Å²) in [7, 11) is 0. The zero-order valence-electron chi connectivity index (χ0n) is 9.76. The van der Waals surface area contributed by atoms with Gasteiger partial charge < -0.3 is 9.84 Å². The molecule has 3 rings (SSSR count). The van der Waals surface area contributed by atoms with Gasteiger partial charge in [-0.2, -0.15) is 5.10 Å². The van der Waals surface area contributed by atoms with Gasteiger partial charge in [0.1, 0.15) is 17.9 Å². The molecule has 0 radical (unpaired) electrons. The van der Waals surface area contributed by atoms with Gasteiger partial charge in [0, 0.05) is 25.1 Å². The van der Waals surface area contributed by atoms with E-state index in [0.717, 1.165) is 43.2 Å². The Hall–Kier alpha value is -1.69. The number of hydrogen-bond donors (Lipinski definition) is 1. The quantitative estimate of drug-likeness (QED) is 0.844. The van der Waals surface area contributed by atoms with Crippen LogP contribution in [0.1, 0.15) is 23.7 Å². The third-order valence-electron chi connectivity index (χ3n) is 3.05. The summed E-state index contributed by atoms with van der Waals surface area (Å²) in [4.78, 5) is 4.21. The molecule has 1 atom stereocenters. The topological polar surface area (TPSA) is 68.8 Å². The van der Waals surface area contributed by atoms with Gasteiger partial charge in [-0.15, -0.1) is 0 Å². The fourth-order valence-electron chi connectivity index (χ4n) is 2.15. The normalized spacial score (nSPS) is 19.2. The molecule has 90 valence electrons. The highest BCUT2D eigenvalue weighted by molar-refractivity contribution is 5.03. The van der Waals surface area contributed by atoms with E-state index in [0.29, 0.717) is 6.04 Å². The summed E-state index contributed by atoms with van der Waals surface area (Å²) < 4.78 is 7.00. The van der Waals surface area contributed by atoms with Gasteiger partial charge in [0.15, 0.2) is 0 Å². The lowest BCUT2D eigenvalue weighted by Gasteiger charge is -2.23.